The highest BCUT2D eigenvalue weighted by atomic mass is 16.3. The predicted octanol–water partition coefficient (Wildman–Crippen LogP) is -0.385. The quantitative estimate of drug-likeness (QED) is 0.709. The Bertz CT molecular complexity index is 397. The average molecular weight is 241 g/mol. The third-order valence-electron chi connectivity index (χ3n) is 2.45. The first kappa shape index (κ1) is 13.7. The molecule has 2 N–H and O–H groups in total. The van der Waals surface area contributed by atoms with Gasteiger partial charge in [0.1, 0.15) is 0 Å². The summed E-state index contributed by atoms with van der Waals surface area (Å²) in [5.41, 5.74) is -0.204. The standard InChI is InChI=1S/C11H19N3O3/c1-9(2)14-4-3-12-10(11(14)17)13(5-7-15)6-8-16/h3-4,9,15-16H,5-8H2,1-2H3. The van der Waals surface area contributed by atoms with Crippen molar-refractivity contribution in [3.63, 3.8) is 0 Å². The van der Waals surface area contributed by atoms with E-state index in [4.69, 9.17) is 10.2 Å². The summed E-state index contributed by atoms with van der Waals surface area (Å²) in [5.74, 6) is 0.268. The molecule has 0 fully saturated rings. The van der Waals surface area contributed by atoms with E-state index < -0.39 is 0 Å². The van der Waals surface area contributed by atoms with Gasteiger partial charge in [-0.2, -0.15) is 0 Å². The third-order valence-corrected chi connectivity index (χ3v) is 2.45. The molecule has 96 valence electrons. The van der Waals surface area contributed by atoms with Crippen LogP contribution in [0.2, 0.25) is 0 Å². The minimum absolute atomic E-state index is 0.0503. The van der Waals surface area contributed by atoms with Crippen molar-refractivity contribution in [2.75, 3.05) is 31.2 Å². The van der Waals surface area contributed by atoms with Gasteiger partial charge < -0.3 is 19.7 Å². The third kappa shape index (κ3) is 3.28. The minimum Gasteiger partial charge on any atom is -0.395 e. The van der Waals surface area contributed by atoms with Crippen molar-refractivity contribution in [2.24, 2.45) is 0 Å². The lowest BCUT2D eigenvalue weighted by atomic mass is 10.3. The summed E-state index contributed by atoms with van der Waals surface area (Å²) in [6.07, 6.45) is 3.19. The van der Waals surface area contributed by atoms with Crippen molar-refractivity contribution >= 4 is 5.82 Å². The van der Waals surface area contributed by atoms with Crippen molar-refractivity contribution in [1.82, 2.24) is 9.55 Å². The van der Waals surface area contributed by atoms with Crippen LogP contribution in [0.3, 0.4) is 0 Å². The van der Waals surface area contributed by atoms with Gasteiger partial charge in [0.15, 0.2) is 5.82 Å². The Morgan fingerprint density at radius 3 is 2.41 bits per heavy atom. The molecule has 0 aliphatic heterocycles. The number of nitrogens with zero attached hydrogens (tertiary/aromatic N) is 3. The second-order valence-electron chi connectivity index (χ2n) is 3.99. The van der Waals surface area contributed by atoms with Crippen molar-refractivity contribution in [3.05, 3.63) is 22.7 Å². The molecule has 17 heavy (non-hydrogen) atoms. The highest BCUT2D eigenvalue weighted by Gasteiger charge is 2.13. The summed E-state index contributed by atoms with van der Waals surface area (Å²) in [6, 6.07) is 0.0503. The summed E-state index contributed by atoms with van der Waals surface area (Å²) in [7, 11) is 0. The maximum atomic E-state index is 12.1. The van der Waals surface area contributed by atoms with Gasteiger partial charge in [0.25, 0.3) is 5.56 Å². The first-order valence-electron chi connectivity index (χ1n) is 5.65. The van der Waals surface area contributed by atoms with Crippen LogP contribution >= 0.6 is 0 Å². The van der Waals surface area contributed by atoms with Gasteiger partial charge in [0.05, 0.1) is 13.2 Å². The van der Waals surface area contributed by atoms with E-state index in [0.717, 1.165) is 0 Å². The van der Waals surface area contributed by atoms with E-state index >= 15 is 0 Å². The van der Waals surface area contributed by atoms with E-state index in [0.29, 0.717) is 0 Å². The lowest BCUT2D eigenvalue weighted by Gasteiger charge is -2.22. The Morgan fingerprint density at radius 1 is 1.35 bits per heavy atom. The molecule has 0 aliphatic rings. The van der Waals surface area contributed by atoms with Gasteiger partial charge in [-0.3, -0.25) is 4.79 Å². The predicted molar refractivity (Wildman–Crippen MR) is 65.3 cm³/mol. The fourth-order valence-electron chi connectivity index (χ4n) is 1.60. The molecule has 0 bridgehead atoms. The molecule has 0 unspecified atom stereocenters. The Kier molecular flexibility index (Phi) is 5.11. The van der Waals surface area contributed by atoms with Crippen LogP contribution in [0.15, 0.2) is 17.2 Å². The van der Waals surface area contributed by atoms with E-state index in [1.54, 1.807) is 21.9 Å². The van der Waals surface area contributed by atoms with E-state index in [2.05, 4.69) is 4.98 Å². The van der Waals surface area contributed by atoms with Gasteiger partial charge in [-0.1, -0.05) is 0 Å². The normalized spacial score (nSPS) is 10.9. The second kappa shape index (κ2) is 6.36. The van der Waals surface area contributed by atoms with E-state index in [9.17, 15) is 4.79 Å². The van der Waals surface area contributed by atoms with Crippen molar-refractivity contribution in [1.29, 1.82) is 0 Å². The molecule has 1 heterocycles. The molecule has 1 aromatic rings. The number of hydrogen-bond acceptors (Lipinski definition) is 5. The smallest absolute Gasteiger partial charge is 0.293 e. The summed E-state index contributed by atoms with van der Waals surface area (Å²) in [4.78, 5) is 17.7. The van der Waals surface area contributed by atoms with Crippen LogP contribution in [0, 0.1) is 0 Å². The number of aliphatic hydroxyl groups is 2. The number of anilines is 1. The minimum atomic E-state index is -0.204. The molecule has 1 aromatic heterocycles. The van der Waals surface area contributed by atoms with Crippen LogP contribution in [0.1, 0.15) is 19.9 Å². The van der Waals surface area contributed by atoms with Gasteiger partial charge in [-0.15, -0.1) is 0 Å². The Labute approximate surface area is 100 Å². The zero-order valence-corrected chi connectivity index (χ0v) is 10.2. The van der Waals surface area contributed by atoms with Gasteiger partial charge >= 0.3 is 0 Å². The van der Waals surface area contributed by atoms with Gasteiger partial charge in [0.2, 0.25) is 0 Å². The highest BCUT2D eigenvalue weighted by molar-refractivity contribution is 5.35. The monoisotopic (exact) mass is 241 g/mol. The fourth-order valence-corrected chi connectivity index (χ4v) is 1.60. The summed E-state index contributed by atoms with van der Waals surface area (Å²) >= 11 is 0. The Hall–Kier alpha value is -1.40. The summed E-state index contributed by atoms with van der Waals surface area (Å²) < 4.78 is 1.57. The van der Waals surface area contributed by atoms with Crippen LogP contribution < -0.4 is 10.5 Å². The molecule has 0 saturated heterocycles. The number of rotatable bonds is 6. The van der Waals surface area contributed by atoms with Crippen LogP contribution in [-0.4, -0.2) is 46.1 Å². The molecule has 6 nitrogen and oxygen atoms in total. The fraction of sp³-hybridized carbons (Fsp3) is 0.636. The van der Waals surface area contributed by atoms with Crippen molar-refractivity contribution in [2.45, 2.75) is 19.9 Å². The topological polar surface area (TPSA) is 78.6 Å². The first-order valence-corrected chi connectivity index (χ1v) is 5.65. The molecular formula is C11H19N3O3. The molecule has 6 heteroatoms. The largest absolute Gasteiger partial charge is 0.395 e. The number of aromatic nitrogens is 2. The molecule has 0 atom stereocenters. The number of hydrogen-bond donors (Lipinski definition) is 2. The van der Waals surface area contributed by atoms with E-state index in [1.165, 1.54) is 0 Å². The van der Waals surface area contributed by atoms with Gasteiger partial charge in [0, 0.05) is 31.5 Å². The van der Waals surface area contributed by atoms with E-state index in [-0.39, 0.29) is 43.7 Å². The SMILES string of the molecule is CC(C)n1ccnc(N(CCO)CCO)c1=O. The van der Waals surface area contributed by atoms with Crippen LogP contribution in [0.25, 0.3) is 0 Å². The van der Waals surface area contributed by atoms with Crippen LogP contribution in [0.4, 0.5) is 5.82 Å². The lowest BCUT2D eigenvalue weighted by molar-refractivity contribution is 0.280. The molecule has 1 rings (SSSR count). The van der Waals surface area contributed by atoms with Crippen LogP contribution in [0.5, 0.6) is 0 Å². The maximum Gasteiger partial charge on any atom is 0.293 e. The summed E-state index contributed by atoms with van der Waals surface area (Å²) in [5, 5.41) is 17.9. The Balaban J connectivity index is 3.10. The lowest BCUT2D eigenvalue weighted by Crippen LogP contribution is -2.37. The Morgan fingerprint density at radius 2 is 1.94 bits per heavy atom. The first-order chi connectivity index (χ1) is 8.11. The molecule has 0 radical (unpaired) electrons. The van der Waals surface area contributed by atoms with Crippen molar-refractivity contribution in [3.8, 4) is 0 Å². The zero-order valence-electron chi connectivity index (χ0n) is 10.2. The molecule has 0 spiro atoms. The number of aliphatic hydroxyl groups excluding tert-OH is 2. The van der Waals surface area contributed by atoms with Gasteiger partial charge in [-0.25, -0.2) is 4.98 Å². The van der Waals surface area contributed by atoms with Gasteiger partial charge in [-0.05, 0) is 13.8 Å². The van der Waals surface area contributed by atoms with E-state index in [1.807, 2.05) is 13.8 Å². The molecular weight excluding hydrogens is 222 g/mol. The molecule has 0 saturated carbocycles. The summed E-state index contributed by atoms with van der Waals surface area (Å²) in [6.45, 7) is 4.21. The molecule has 0 amide bonds. The molecule has 0 aliphatic carbocycles. The average Bonchev–Trinajstić information content (AvgIpc) is 2.29. The van der Waals surface area contributed by atoms with Crippen molar-refractivity contribution < 1.29 is 10.2 Å². The highest BCUT2D eigenvalue weighted by Crippen LogP contribution is 2.06. The molecule has 0 aromatic carbocycles. The second-order valence-corrected chi connectivity index (χ2v) is 3.99. The maximum absolute atomic E-state index is 12.1. The zero-order chi connectivity index (χ0) is 12.8. The van der Waals surface area contributed by atoms with Crippen LogP contribution in [-0.2, 0) is 0 Å².